The van der Waals surface area contributed by atoms with E-state index in [0.29, 0.717) is 15.1 Å². The minimum absolute atomic E-state index is 0.242. The largest absolute Gasteiger partial charge is 0.467 e. The van der Waals surface area contributed by atoms with Gasteiger partial charge in [-0.1, -0.05) is 37.0 Å². The monoisotopic (exact) mass is 323 g/mol. The van der Waals surface area contributed by atoms with Gasteiger partial charge in [-0.15, -0.1) is 11.3 Å². The van der Waals surface area contributed by atoms with Gasteiger partial charge in [-0.05, 0) is 18.4 Å². The van der Waals surface area contributed by atoms with Gasteiger partial charge in [0, 0.05) is 0 Å². The lowest BCUT2D eigenvalue weighted by Crippen LogP contribution is -2.42. The molecule has 1 heterocycles. The van der Waals surface area contributed by atoms with Gasteiger partial charge in [0.2, 0.25) is 0 Å². The Balaban J connectivity index is 2.81. The van der Waals surface area contributed by atoms with Crippen molar-refractivity contribution in [3.05, 3.63) is 20.3 Å². The minimum atomic E-state index is -0.688. The molecule has 1 N–H and O–H groups in total. The Morgan fingerprint density at radius 3 is 2.47 bits per heavy atom. The summed E-state index contributed by atoms with van der Waals surface area (Å²) >= 11 is 12.8. The lowest BCUT2D eigenvalue weighted by Gasteiger charge is -2.18. The second-order valence-electron chi connectivity index (χ2n) is 4.42. The second-order valence-corrected chi connectivity index (χ2v) is 6.70. The summed E-state index contributed by atoms with van der Waals surface area (Å²) in [5.74, 6) is -0.658. The normalized spacial score (nSPS) is 12.3. The molecule has 7 heteroatoms. The standard InChI is InChI=1S/C12H15Cl2NO3S/c1-6(2)4-8(12(17)18-3)15-11(16)7-5-9(13)19-10(7)14/h5-6,8H,4H2,1-3H3,(H,15,16). The number of hydrogen-bond acceptors (Lipinski definition) is 4. The molecule has 0 spiro atoms. The molecule has 19 heavy (non-hydrogen) atoms. The van der Waals surface area contributed by atoms with Crippen molar-refractivity contribution in [2.75, 3.05) is 7.11 Å². The second kappa shape index (κ2) is 7.12. The molecule has 0 saturated heterocycles. The van der Waals surface area contributed by atoms with Crippen molar-refractivity contribution in [2.45, 2.75) is 26.3 Å². The molecule has 1 amide bonds. The van der Waals surface area contributed by atoms with E-state index < -0.39 is 17.9 Å². The Hall–Kier alpha value is -0.780. The van der Waals surface area contributed by atoms with Gasteiger partial charge in [-0.2, -0.15) is 0 Å². The van der Waals surface area contributed by atoms with E-state index in [1.165, 1.54) is 13.2 Å². The zero-order valence-electron chi connectivity index (χ0n) is 10.8. The number of amides is 1. The number of methoxy groups -OCH3 is 1. The van der Waals surface area contributed by atoms with Crippen LogP contribution in [0.4, 0.5) is 0 Å². The van der Waals surface area contributed by atoms with Gasteiger partial charge in [0.15, 0.2) is 0 Å². The fraction of sp³-hybridized carbons (Fsp3) is 0.500. The summed E-state index contributed by atoms with van der Waals surface area (Å²) < 4.78 is 5.40. The Labute approximate surface area is 126 Å². The van der Waals surface area contributed by atoms with Crippen molar-refractivity contribution in [3.63, 3.8) is 0 Å². The third-order valence-corrected chi connectivity index (χ3v) is 3.89. The van der Waals surface area contributed by atoms with E-state index in [-0.39, 0.29) is 11.5 Å². The highest BCUT2D eigenvalue weighted by Crippen LogP contribution is 2.31. The number of rotatable bonds is 5. The van der Waals surface area contributed by atoms with Crippen molar-refractivity contribution >= 4 is 46.4 Å². The van der Waals surface area contributed by atoms with Crippen LogP contribution in [-0.4, -0.2) is 25.0 Å². The Morgan fingerprint density at radius 1 is 1.42 bits per heavy atom. The number of esters is 1. The van der Waals surface area contributed by atoms with E-state index in [9.17, 15) is 9.59 Å². The van der Waals surface area contributed by atoms with Crippen molar-refractivity contribution in [2.24, 2.45) is 5.92 Å². The molecule has 0 radical (unpaired) electrons. The van der Waals surface area contributed by atoms with Crippen molar-refractivity contribution < 1.29 is 14.3 Å². The van der Waals surface area contributed by atoms with E-state index in [1.54, 1.807) is 0 Å². The van der Waals surface area contributed by atoms with E-state index in [2.05, 4.69) is 10.1 Å². The number of carbonyl (C=O) groups excluding carboxylic acids is 2. The Morgan fingerprint density at radius 2 is 2.05 bits per heavy atom. The van der Waals surface area contributed by atoms with Crippen LogP contribution in [0.15, 0.2) is 6.07 Å². The molecule has 0 fully saturated rings. The number of carbonyl (C=O) groups is 2. The van der Waals surface area contributed by atoms with Gasteiger partial charge < -0.3 is 10.1 Å². The molecule has 4 nitrogen and oxygen atoms in total. The molecule has 0 bridgehead atoms. The lowest BCUT2D eigenvalue weighted by atomic mass is 10.0. The predicted molar refractivity (Wildman–Crippen MR) is 77.1 cm³/mol. The van der Waals surface area contributed by atoms with Gasteiger partial charge in [0.1, 0.15) is 10.4 Å². The molecule has 0 aliphatic carbocycles. The van der Waals surface area contributed by atoms with Crippen LogP contribution in [0, 0.1) is 5.92 Å². The molecule has 0 aromatic carbocycles. The average molecular weight is 324 g/mol. The van der Waals surface area contributed by atoms with Crippen LogP contribution in [0.3, 0.4) is 0 Å². The van der Waals surface area contributed by atoms with Gasteiger partial charge in [-0.3, -0.25) is 4.79 Å². The number of thiophene rings is 1. The molecular weight excluding hydrogens is 309 g/mol. The van der Waals surface area contributed by atoms with Crippen LogP contribution in [0.5, 0.6) is 0 Å². The average Bonchev–Trinajstić information content (AvgIpc) is 2.66. The summed E-state index contributed by atoms with van der Waals surface area (Å²) in [6, 6.07) is 0.792. The van der Waals surface area contributed by atoms with Gasteiger partial charge >= 0.3 is 5.97 Å². The summed E-state index contributed by atoms with van der Waals surface area (Å²) in [5.41, 5.74) is 0.273. The molecule has 0 aliphatic rings. The number of hydrogen-bond donors (Lipinski definition) is 1. The van der Waals surface area contributed by atoms with E-state index in [0.717, 1.165) is 11.3 Å². The molecule has 1 aromatic heterocycles. The van der Waals surface area contributed by atoms with Crippen LogP contribution in [0.2, 0.25) is 8.67 Å². The van der Waals surface area contributed by atoms with Crippen LogP contribution in [0.25, 0.3) is 0 Å². The third-order valence-electron chi connectivity index (χ3n) is 2.40. The molecule has 1 unspecified atom stereocenters. The number of nitrogens with one attached hydrogen (secondary N) is 1. The van der Waals surface area contributed by atoms with Crippen LogP contribution < -0.4 is 5.32 Å². The topological polar surface area (TPSA) is 55.4 Å². The molecule has 1 aromatic rings. The highest BCUT2D eigenvalue weighted by molar-refractivity contribution is 7.20. The predicted octanol–water partition coefficient (Wildman–Crippen LogP) is 3.37. The molecule has 106 valence electrons. The van der Waals surface area contributed by atoms with E-state index in [4.69, 9.17) is 23.2 Å². The van der Waals surface area contributed by atoms with E-state index in [1.807, 2.05) is 13.8 Å². The van der Waals surface area contributed by atoms with E-state index >= 15 is 0 Å². The molecule has 1 atom stereocenters. The quantitative estimate of drug-likeness (QED) is 0.845. The van der Waals surface area contributed by atoms with Gasteiger partial charge in [-0.25, -0.2) is 4.79 Å². The Kier molecular flexibility index (Phi) is 6.10. The summed E-state index contributed by atoms with van der Waals surface area (Å²) in [6.07, 6.45) is 0.494. The number of ether oxygens (including phenoxy) is 1. The minimum Gasteiger partial charge on any atom is -0.467 e. The lowest BCUT2D eigenvalue weighted by molar-refractivity contribution is -0.143. The molecule has 0 saturated carbocycles. The summed E-state index contributed by atoms with van der Waals surface area (Å²) in [5, 5.41) is 2.62. The highest BCUT2D eigenvalue weighted by Gasteiger charge is 2.24. The van der Waals surface area contributed by atoms with Crippen LogP contribution >= 0.6 is 34.5 Å². The van der Waals surface area contributed by atoms with Crippen molar-refractivity contribution in [1.29, 1.82) is 0 Å². The van der Waals surface area contributed by atoms with Crippen molar-refractivity contribution in [3.8, 4) is 0 Å². The first-order valence-corrected chi connectivity index (χ1v) is 7.26. The number of halogens is 2. The van der Waals surface area contributed by atoms with Crippen LogP contribution in [0.1, 0.15) is 30.6 Å². The third kappa shape index (κ3) is 4.67. The van der Waals surface area contributed by atoms with Crippen molar-refractivity contribution in [1.82, 2.24) is 5.32 Å². The molecular formula is C12H15Cl2NO3S. The highest BCUT2D eigenvalue weighted by atomic mass is 35.5. The first kappa shape index (κ1) is 16.3. The first-order chi connectivity index (χ1) is 8.85. The first-order valence-electron chi connectivity index (χ1n) is 5.68. The molecule has 1 rings (SSSR count). The fourth-order valence-corrected chi connectivity index (χ4v) is 3.02. The fourth-order valence-electron chi connectivity index (χ4n) is 1.56. The zero-order valence-corrected chi connectivity index (χ0v) is 13.2. The maximum atomic E-state index is 12.0. The summed E-state index contributed by atoms with van der Waals surface area (Å²) in [6.45, 7) is 3.91. The zero-order chi connectivity index (χ0) is 14.6. The summed E-state index contributed by atoms with van der Waals surface area (Å²) in [4.78, 5) is 23.6. The SMILES string of the molecule is COC(=O)C(CC(C)C)NC(=O)c1cc(Cl)sc1Cl. The van der Waals surface area contributed by atoms with Gasteiger partial charge in [0.05, 0.1) is 17.0 Å². The maximum Gasteiger partial charge on any atom is 0.328 e. The molecule has 0 aliphatic heterocycles. The van der Waals surface area contributed by atoms with Gasteiger partial charge in [0.25, 0.3) is 5.91 Å². The smallest absolute Gasteiger partial charge is 0.328 e. The summed E-state index contributed by atoms with van der Waals surface area (Å²) in [7, 11) is 1.29. The van der Waals surface area contributed by atoms with Crippen LogP contribution in [-0.2, 0) is 9.53 Å². The Bertz CT molecular complexity index is 474. The maximum absolute atomic E-state index is 12.0.